The monoisotopic (exact) mass is 299 g/mol. The van der Waals surface area contributed by atoms with Crippen molar-refractivity contribution in [3.63, 3.8) is 0 Å². The van der Waals surface area contributed by atoms with E-state index in [1.807, 2.05) is 12.1 Å². The Morgan fingerprint density at radius 3 is 2.45 bits per heavy atom. The van der Waals surface area contributed by atoms with E-state index >= 15 is 0 Å². The first-order chi connectivity index (χ1) is 10.6. The number of hydrogen-bond acceptors (Lipinski definition) is 4. The molecule has 5 nitrogen and oxygen atoms in total. The van der Waals surface area contributed by atoms with Gasteiger partial charge in [0.25, 0.3) is 5.91 Å². The van der Waals surface area contributed by atoms with Crippen LogP contribution in [-0.2, 0) is 4.79 Å². The van der Waals surface area contributed by atoms with Crippen molar-refractivity contribution in [3.8, 4) is 11.5 Å². The summed E-state index contributed by atoms with van der Waals surface area (Å²) in [6, 6.07) is 13.7. The van der Waals surface area contributed by atoms with E-state index in [2.05, 4.69) is 5.32 Å². The van der Waals surface area contributed by atoms with E-state index in [1.54, 1.807) is 50.4 Å². The molecule has 0 heterocycles. The zero-order chi connectivity index (χ0) is 15.9. The van der Waals surface area contributed by atoms with Crippen molar-refractivity contribution >= 4 is 17.9 Å². The van der Waals surface area contributed by atoms with Crippen LogP contribution in [0, 0.1) is 0 Å². The van der Waals surface area contributed by atoms with E-state index in [0.717, 1.165) is 6.29 Å². The van der Waals surface area contributed by atoms with Crippen LogP contribution in [0.2, 0.25) is 0 Å². The SMILES string of the molecule is COc1ccccc1NC(=O)C(C)Oc1ccc(C=O)cc1. The molecule has 1 N–H and O–H groups in total. The number of carbonyl (C=O) groups excluding carboxylic acids is 2. The summed E-state index contributed by atoms with van der Waals surface area (Å²) in [5.74, 6) is 0.815. The Morgan fingerprint density at radius 1 is 1.14 bits per heavy atom. The highest BCUT2D eigenvalue weighted by Gasteiger charge is 2.16. The van der Waals surface area contributed by atoms with Crippen LogP contribution in [-0.4, -0.2) is 25.4 Å². The number of hydrogen-bond donors (Lipinski definition) is 1. The van der Waals surface area contributed by atoms with Gasteiger partial charge in [-0.2, -0.15) is 0 Å². The van der Waals surface area contributed by atoms with Crippen molar-refractivity contribution in [1.82, 2.24) is 0 Å². The molecule has 2 rings (SSSR count). The van der Waals surface area contributed by atoms with Crippen LogP contribution >= 0.6 is 0 Å². The number of nitrogens with one attached hydrogen (secondary N) is 1. The Labute approximate surface area is 128 Å². The lowest BCUT2D eigenvalue weighted by Gasteiger charge is -2.16. The third-order valence-electron chi connectivity index (χ3n) is 3.06. The number of benzene rings is 2. The van der Waals surface area contributed by atoms with Gasteiger partial charge in [-0.1, -0.05) is 12.1 Å². The quantitative estimate of drug-likeness (QED) is 0.833. The molecule has 0 aromatic heterocycles. The van der Waals surface area contributed by atoms with Crippen LogP contribution in [0.25, 0.3) is 0 Å². The molecular weight excluding hydrogens is 282 g/mol. The highest BCUT2D eigenvalue weighted by Crippen LogP contribution is 2.23. The highest BCUT2D eigenvalue weighted by atomic mass is 16.5. The fourth-order valence-electron chi connectivity index (χ4n) is 1.86. The van der Waals surface area contributed by atoms with Gasteiger partial charge in [-0.25, -0.2) is 0 Å². The molecule has 0 aliphatic rings. The summed E-state index contributed by atoms with van der Waals surface area (Å²) in [5, 5.41) is 2.76. The Morgan fingerprint density at radius 2 is 1.82 bits per heavy atom. The molecule has 22 heavy (non-hydrogen) atoms. The normalized spacial score (nSPS) is 11.4. The molecule has 1 unspecified atom stereocenters. The van der Waals surface area contributed by atoms with Gasteiger partial charge >= 0.3 is 0 Å². The second-order valence-corrected chi connectivity index (χ2v) is 4.64. The van der Waals surface area contributed by atoms with Gasteiger partial charge in [0.05, 0.1) is 12.8 Å². The fraction of sp³-hybridized carbons (Fsp3) is 0.176. The van der Waals surface area contributed by atoms with Crippen LogP contribution in [0.15, 0.2) is 48.5 Å². The van der Waals surface area contributed by atoms with Crippen molar-refractivity contribution in [1.29, 1.82) is 0 Å². The van der Waals surface area contributed by atoms with Gasteiger partial charge in [0, 0.05) is 5.56 Å². The largest absolute Gasteiger partial charge is 0.495 e. The van der Waals surface area contributed by atoms with Gasteiger partial charge in [-0.3, -0.25) is 9.59 Å². The first kappa shape index (κ1) is 15.6. The Hall–Kier alpha value is -2.82. The lowest BCUT2D eigenvalue weighted by atomic mass is 10.2. The van der Waals surface area contributed by atoms with Gasteiger partial charge in [0.2, 0.25) is 0 Å². The minimum atomic E-state index is -0.688. The maximum atomic E-state index is 12.2. The predicted octanol–water partition coefficient (Wildman–Crippen LogP) is 2.91. The smallest absolute Gasteiger partial charge is 0.265 e. The summed E-state index contributed by atoms with van der Waals surface area (Å²) in [6.07, 6.45) is 0.0636. The summed E-state index contributed by atoms with van der Waals surface area (Å²) in [5.41, 5.74) is 1.14. The molecule has 0 spiro atoms. The molecule has 0 bridgehead atoms. The lowest BCUT2D eigenvalue weighted by Crippen LogP contribution is -2.30. The maximum Gasteiger partial charge on any atom is 0.265 e. The van der Waals surface area contributed by atoms with Crippen LogP contribution in [0.5, 0.6) is 11.5 Å². The molecule has 0 radical (unpaired) electrons. The lowest BCUT2D eigenvalue weighted by molar-refractivity contribution is -0.122. The standard InChI is InChI=1S/C17H17NO4/c1-12(22-14-9-7-13(11-19)8-10-14)17(20)18-15-5-3-4-6-16(15)21-2/h3-12H,1-2H3,(H,18,20). The van der Waals surface area contributed by atoms with Crippen LogP contribution in [0.3, 0.4) is 0 Å². The summed E-state index contributed by atoms with van der Waals surface area (Å²) in [6.45, 7) is 1.65. The predicted molar refractivity (Wildman–Crippen MR) is 83.5 cm³/mol. The topological polar surface area (TPSA) is 64.6 Å². The second kappa shape index (κ2) is 7.26. The molecular formula is C17H17NO4. The van der Waals surface area contributed by atoms with Crippen molar-refractivity contribution in [3.05, 3.63) is 54.1 Å². The molecule has 1 atom stereocenters. The molecule has 1 amide bonds. The van der Waals surface area contributed by atoms with E-state index in [4.69, 9.17) is 9.47 Å². The number of para-hydroxylation sites is 2. The molecule has 5 heteroatoms. The fourth-order valence-corrected chi connectivity index (χ4v) is 1.86. The number of amides is 1. The molecule has 2 aromatic carbocycles. The van der Waals surface area contributed by atoms with E-state index < -0.39 is 6.10 Å². The zero-order valence-electron chi connectivity index (χ0n) is 12.4. The molecule has 2 aromatic rings. The number of aldehydes is 1. The number of methoxy groups -OCH3 is 1. The van der Waals surface area contributed by atoms with E-state index in [9.17, 15) is 9.59 Å². The van der Waals surface area contributed by atoms with Gasteiger partial charge in [0.15, 0.2) is 6.10 Å². The molecule has 0 saturated heterocycles. The molecule has 0 aliphatic heterocycles. The van der Waals surface area contributed by atoms with Crippen LogP contribution in [0.1, 0.15) is 17.3 Å². The molecule has 0 saturated carbocycles. The number of carbonyl (C=O) groups is 2. The Kier molecular flexibility index (Phi) is 5.14. The summed E-state index contributed by atoms with van der Waals surface area (Å²) in [4.78, 5) is 22.8. The van der Waals surface area contributed by atoms with Crippen LogP contribution in [0.4, 0.5) is 5.69 Å². The average Bonchev–Trinajstić information content (AvgIpc) is 2.56. The zero-order valence-corrected chi connectivity index (χ0v) is 12.4. The van der Waals surface area contributed by atoms with Gasteiger partial charge in [-0.05, 0) is 43.3 Å². The van der Waals surface area contributed by atoms with Gasteiger partial charge < -0.3 is 14.8 Å². The summed E-state index contributed by atoms with van der Waals surface area (Å²) < 4.78 is 10.7. The van der Waals surface area contributed by atoms with Crippen LogP contribution < -0.4 is 14.8 Å². The molecule has 114 valence electrons. The first-order valence-corrected chi connectivity index (χ1v) is 6.80. The third kappa shape index (κ3) is 3.85. The second-order valence-electron chi connectivity index (χ2n) is 4.64. The number of anilines is 1. The maximum absolute atomic E-state index is 12.2. The third-order valence-corrected chi connectivity index (χ3v) is 3.06. The first-order valence-electron chi connectivity index (χ1n) is 6.80. The minimum Gasteiger partial charge on any atom is -0.495 e. The molecule has 0 aliphatic carbocycles. The summed E-state index contributed by atoms with van der Waals surface area (Å²) in [7, 11) is 1.54. The van der Waals surface area contributed by atoms with Crippen molar-refractivity contribution in [2.75, 3.05) is 12.4 Å². The van der Waals surface area contributed by atoms with E-state index in [1.165, 1.54) is 0 Å². The van der Waals surface area contributed by atoms with Crippen molar-refractivity contribution in [2.45, 2.75) is 13.0 Å². The molecule has 0 fully saturated rings. The van der Waals surface area contributed by atoms with E-state index in [-0.39, 0.29) is 5.91 Å². The van der Waals surface area contributed by atoms with Crippen molar-refractivity contribution < 1.29 is 19.1 Å². The number of ether oxygens (including phenoxy) is 2. The van der Waals surface area contributed by atoms with E-state index in [0.29, 0.717) is 22.7 Å². The Balaban J connectivity index is 2.00. The Bertz CT molecular complexity index is 652. The number of rotatable bonds is 6. The van der Waals surface area contributed by atoms with Gasteiger partial charge in [0.1, 0.15) is 17.8 Å². The highest BCUT2D eigenvalue weighted by molar-refractivity contribution is 5.95. The van der Waals surface area contributed by atoms with Gasteiger partial charge in [-0.15, -0.1) is 0 Å². The minimum absolute atomic E-state index is 0.288. The van der Waals surface area contributed by atoms with Crippen molar-refractivity contribution in [2.24, 2.45) is 0 Å². The summed E-state index contributed by atoms with van der Waals surface area (Å²) >= 11 is 0. The average molecular weight is 299 g/mol.